The lowest BCUT2D eigenvalue weighted by atomic mass is 9.87. The van der Waals surface area contributed by atoms with Crippen LogP contribution in [0.5, 0.6) is 0 Å². The summed E-state index contributed by atoms with van der Waals surface area (Å²) in [4.78, 5) is 11.3. The van der Waals surface area contributed by atoms with Gasteiger partial charge in [-0.1, -0.05) is 25.3 Å². The first-order chi connectivity index (χ1) is 6.76. The van der Waals surface area contributed by atoms with Crippen molar-refractivity contribution in [2.75, 3.05) is 12.9 Å². The van der Waals surface area contributed by atoms with Crippen molar-refractivity contribution in [3.8, 4) is 0 Å². The summed E-state index contributed by atoms with van der Waals surface area (Å²) in [5.74, 6) is 0.701. The maximum Gasteiger partial charge on any atom is 0.334 e. The first-order valence-corrected chi connectivity index (χ1v) is 6.18. The molecule has 0 aromatic carbocycles. The summed E-state index contributed by atoms with van der Waals surface area (Å²) in [5, 5.41) is 0. The second-order valence-electron chi connectivity index (χ2n) is 4.08. The first-order valence-electron chi connectivity index (χ1n) is 5.20. The summed E-state index contributed by atoms with van der Waals surface area (Å²) >= 11 is 1.92. The van der Waals surface area contributed by atoms with Crippen LogP contribution in [0.25, 0.3) is 0 Å². The molecule has 2 rings (SSSR count). The summed E-state index contributed by atoms with van der Waals surface area (Å²) in [6.45, 7) is 0. The molecule has 0 bridgehead atoms. The van der Waals surface area contributed by atoms with Gasteiger partial charge in [-0.05, 0) is 12.8 Å². The van der Waals surface area contributed by atoms with Gasteiger partial charge in [0, 0.05) is 16.1 Å². The van der Waals surface area contributed by atoms with Crippen LogP contribution in [0.1, 0.15) is 32.1 Å². The minimum Gasteiger partial charge on any atom is -0.466 e. The minimum atomic E-state index is -0.139. The Morgan fingerprint density at radius 1 is 1.43 bits per heavy atom. The van der Waals surface area contributed by atoms with Crippen molar-refractivity contribution in [1.82, 2.24) is 0 Å². The zero-order valence-corrected chi connectivity index (χ0v) is 9.36. The molecule has 1 aliphatic carbocycles. The highest BCUT2D eigenvalue weighted by molar-refractivity contribution is 8.01. The fraction of sp³-hybridized carbons (Fsp3) is 0.727. The summed E-state index contributed by atoms with van der Waals surface area (Å²) in [6.07, 6.45) is 8.60. The van der Waals surface area contributed by atoms with Gasteiger partial charge in [0.05, 0.1) is 7.11 Å². The molecule has 14 heavy (non-hydrogen) atoms. The standard InChI is InChI=1S/C11H16O2S/c1-13-10(12)9-7-11(14-8-9)5-3-2-4-6-11/h7H,2-6,8H2,1H3. The molecule has 0 amide bonds. The van der Waals surface area contributed by atoms with E-state index in [1.807, 2.05) is 11.8 Å². The Morgan fingerprint density at radius 3 is 2.79 bits per heavy atom. The van der Waals surface area contributed by atoms with E-state index in [1.165, 1.54) is 39.2 Å². The molecule has 0 unspecified atom stereocenters. The Bertz CT molecular complexity index is 264. The predicted molar refractivity (Wildman–Crippen MR) is 58.4 cm³/mol. The maximum atomic E-state index is 11.3. The van der Waals surface area contributed by atoms with Gasteiger partial charge in [0.25, 0.3) is 0 Å². The lowest BCUT2D eigenvalue weighted by Gasteiger charge is -2.30. The fourth-order valence-corrected chi connectivity index (χ4v) is 3.76. The highest BCUT2D eigenvalue weighted by Gasteiger charge is 2.36. The molecular formula is C11H16O2S. The van der Waals surface area contributed by atoms with Gasteiger partial charge in [-0.15, -0.1) is 11.8 Å². The van der Waals surface area contributed by atoms with E-state index in [1.54, 1.807) is 0 Å². The van der Waals surface area contributed by atoms with Gasteiger partial charge in [-0.2, -0.15) is 0 Å². The first kappa shape index (κ1) is 10.1. The van der Waals surface area contributed by atoms with Crippen LogP contribution < -0.4 is 0 Å². The molecule has 1 fully saturated rings. The number of ether oxygens (including phenoxy) is 1. The van der Waals surface area contributed by atoms with Crippen LogP contribution >= 0.6 is 11.8 Å². The van der Waals surface area contributed by atoms with E-state index in [2.05, 4.69) is 6.08 Å². The van der Waals surface area contributed by atoms with Crippen LogP contribution in [0.4, 0.5) is 0 Å². The number of hydrogen-bond acceptors (Lipinski definition) is 3. The van der Waals surface area contributed by atoms with Gasteiger partial charge in [0.15, 0.2) is 0 Å². The summed E-state index contributed by atoms with van der Waals surface area (Å²) in [6, 6.07) is 0. The van der Waals surface area contributed by atoms with E-state index in [9.17, 15) is 4.79 Å². The Balaban J connectivity index is 2.09. The number of esters is 1. The highest BCUT2D eigenvalue weighted by Crippen LogP contribution is 2.46. The lowest BCUT2D eigenvalue weighted by molar-refractivity contribution is -0.135. The third-order valence-corrected chi connectivity index (χ3v) is 4.66. The van der Waals surface area contributed by atoms with E-state index >= 15 is 0 Å². The van der Waals surface area contributed by atoms with E-state index < -0.39 is 0 Å². The molecule has 2 aliphatic rings. The number of carbonyl (C=O) groups is 1. The van der Waals surface area contributed by atoms with Gasteiger partial charge in [0.1, 0.15) is 0 Å². The maximum absolute atomic E-state index is 11.3. The van der Waals surface area contributed by atoms with Gasteiger partial charge in [0.2, 0.25) is 0 Å². The van der Waals surface area contributed by atoms with Crippen molar-refractivity contribution in [2.45, 2.75) is 36.9 Å². The smallest absolute Gasteiger partial charge is 0.334 e. The van der Waals surface area contributed by atoms with Gasteiger partial charge < -0.3 is 4.74 Å². The minimum absolute atomic E-state index is 0.139. The van der Waals surface area contributed by atoms with Crippen LogP contribution in [0.3, 0.4) is 0 Å². The van der Waals surface area contributed by atoms with Crippen molar-refractivity contribution in [1.29, 1.82) is 0 Å². The lowest BCUT2D eigenvalue weighted by Crippen LogP contribution is -2.22. The molecule has 0 N–H and O–H groups in total. The van der Waals surface area contributed by atoms with Crippen molar-refractivity contribution in [3.63, 3.8) is 0 Å². The normalized spacial score (nSPS) is 24.8. The summed E-state index contributed by atoms with van der Waals surface area (Å²) in [7, 11) is 1.46. The quantitative estimate of drug-likeness (QED) is 0.625. The molecule has 1 aliphatic heterocycles. The second kappa shape index (κ2) is 3.97. The van der Waals surface area contributed by atoms with Crippen LogP contribution in [0.2, 0.25) is 0 Å². The molecular weight excluding hydrogens is 196 g/mol. The Labute approximate surface area is 89.1 Å². The summed E-state index contributed by atoms with van der Waals surface area (Å²) < 4.78 is 5.03. The zero-order chi connectivity index (χ0) is 10.0. The molecule has 2 nitrogen and oxygen atoms in total. The molecule has 0 aromatic heterocycles. The SMILES string of the molecule is COC(=O)C1=CC2(CCCCC2)SC1. The predicted octanol–water partition coefficient (Wildman–Crippen LogP) is 2.54. The molecule has 78 valence electrons. The Morgan fingerprint density at radius 2 is 2.14 bits per heavy atom. The van der Waals surface area contributed by atoms with E-state index in [4.69, 9.17) is 4.74 Å². The van der Waals surface area contributed by atoms with Gasteiger partial charge in [-0.3, -0.25) is 0 Å². The van der Waals surface area contributed by atoms with Gasteiger partial charge in [-0.25, -0.2) is 4.79 Å². The number of methoxy groups -OCH3 is 1. The van der Waals surface area contributed by atoms with E-state index in [0.717, 1.165) is 11.3 Å². The zero-order valence-electron chi connectivity index (χ0n) is 8.54. The average molecular weight is 212 g/mol. The molecule has 0 aromatic rings. The van der Waals surface area contributed by atoms with Gasteiger partial charge >= 0.3 is 5.97 Å². The highest BCUT2D eigenvalue weighted by atomic mass is 32.2. The van der Waals surface area contributed by atoms with E-state index in [-0.39, 0.29) is 10.7 Å². The summed E-state index contributed by atoms with van der Waals surface area (Å²) in [5.41, 5.74) is 0.874. The second-order valence-corrected chi connectivity index (χ2v) is 5.47. The third kappa shape index (κ3) is 1.83. The largest absolute Gasteiger partial charge is 0.466 e. The van der Waals surface area contributed by atoms with Crippen molar-refractivity contribution >= 4 is 17.7 Å². The molecule has 1 spiro atoms. The monoisotopic (exact) mass is 212 g/mol. The average Bonchev–Trinajstić information content (AvgIpc) is 2.62. The molecule has 0 saturated heterocycles. The van der Waals surface area contributed by atoms with Crippen LogP contribution in [-0.4, -0.2) is 23.6 Å². The molecule has 0 radical (unpaired) electrons. The number of thioether (sulfide) groups is 1. The topological polar surface area (TPSA) is 26.3 Å². The Hall–Kier alpha value is -0.440. The molecule has 0 atom stereocenters. The van der Waals surface area contributed by atoms with Crippen molar-refractivity contribution in [3.05, 3.63) is 11.6 Å². The van der Waals surface area contributed by atoms with Crippen LogP contribution in [0, 0.1) is 0 Å². The van der Waals surface area contributed by atoms with Crippen LogP contribution in [0.15, 0.2) is 11.6 Å². The van der Waals surface area contributed by atoms with Crippen LogP contribution in [-0.2, 0) is 9.53 Å². The molecule has 1 heterocycles. The fourth-order valence-electron chi connectivity index (χ4n) is 2.31. The molecule has 1 saturated carbocycles. The third-order valence-electron chi connectivity index (χ3n) is 3.10. The number of rotatable bonds is 1. The van der Waals surface area contributed by atoms with Crippen molar-refractivity contribution < 1.29 is 9.53 Å². The Kier molecular flexibility index (Phi) is 2.86. The number of carbonyl (C=O) groups excluding carboxylic acids is 1. The van der Waals surface area contributed by atoms with Crippen molar-refractivity contribution in [2.24, 2.45) is 0 Å². The molecule has 3 heteroatoms. The number of hydrogen-bond donors (Lipinski definition) is 0. The van der Waals surface area contributed by atoms with E-state index in [0.29, 0.717) is 0 Å².